The van der Waals surface area contributed by atoms with Crippen LogP contribution >= 0.6 is 11.8 Å². The molecular weight excluding hydrogens is 196 g/mol. The molecule has 2 fully saturated rings. The van der Waals surface area contributed by atoms with E-state index in [1.165, 1.54) is 6.42 Å². The Labute approximate surface area is 90.1 Å². The van der Waals surface area contributed by atoms with Gasteiger partial charge in [0.05, 0.1) is 12.2 Å². The molecular formula is C11H20O2S. The number of aliphatic hydroxyl groups is 2. The zero-order chi connectivity index (χ0) is 10.1. The number of hydrogen-bond acceptors (Lipinski definition) is 3. The van der Waals surface area contributed by atoms with Crippen LogP contribution in [0.1, 0.15) is 38.5 Å². The lowest BCUT2D eigenvalue weighted by Gasteiger charge is -2.46. The summed E-state index contributed by atoms with van der Waals surface area (Å²) in [6.07, 6.45) is 6.29. The van der Waals surface area contributed by atoms with E-state index < -0.39 is 5.60 Å². The van der Waals surface area contributed by atoms with Gasteiger partial charge in [-0.3, -0.25) is 0 Å². The molecule has 0 bridgehead atoms. The van der Waals surface area contributed by atoms with Crippen molar-refractivity contribution in [3.05, 3.63) is 0 Å². The van der Waals surface area contributed by atoms with Crippen molar-refractivity contribution in [3.63, 3.8) is 0 Å². The van der Waals surface area contributed by atoms with Crippen molar-refractivity contribution >= 4 is 11.8 Å². The number of thioether (sulfide) groups is 1. The molecule has 2 aliphatic rings. The van der Waals surface area contributed by atoms with Crippen LogP contribution in [-0.4, -0.2) is 33.9 Å². The van der Waals surface area contributed by atoms with Gasteiger partial charge in [0.1, 0.15) is 0 Å². The molecule has 2 N–H and O–H groups in total. The van der Waals surface area contributed by atoms with Gasteiger partial charge in [-0.1, -0.05) is 19.3 Å². The van der Waals surface area contributed by atoms with Gasteiger partial charge >= 0.3 is 0 Å². The van der Waals surface area contributed by atoms with Gasteiger partial charge in [0, 0.05) is 11.2 Å². The van der Waals surface area contributed by atoms with E-state index in [1.54, 1.807) is 0 Å². The zero-order valence-corrected chi connectivity index (χ0v) is 9.48. The summed E-state index contributed by atoms with van der Waals surface area (Å²) in [6, 6.07) is 0. The summed E-state index contributed by atoms with van der Waals surface area (Å²) in [6.45, 7) is 0.163. The third-order valence-corrected chi connectivity index (χ3v) is 5.32. The summed E-state index contributed by atoms with van der Waals surface area (Å²) in [5, 5.41) is 20.2. The fourth-order valence-electron chi connectivity index (χ4n) is 2.91. The quantitative estimate of drug-likeness (QED) is 0.739. The summed E-state index contributed by atoms with van der Waals surface area (Å²) in [7, 11) is 0. The van der Waals surface area contributed by atoms with Crippen molar-refractivity contribution in [2.75, 3.05) is 18.1 Å². The molecule has 1 atom stereocenters. The Morgan fingerprint density at radius 3 is 2.29 bits per heavy atom. The van der Waals surface area contributed by atoms with Crippen LogP contribution < -0.4 is 0 Å². The molecule has 1 saturated heterocycles. The predicted molar refractivity (Wildman–Crippen MR) is 59.5 cm³/mol. The van der Waals surface area contributed by atoms with Crippen LogP contribution in [0.15, 0.2) is 0 Å². The van der Waals surface area contributed by atoms with E-state index in [9.17, 15) is 10.2 Å². The fraction of sp³-hybridized carbons (Fsp3) is 1.00. The molecule has 1 saturated carbocycles. The molecule has 1 aliphatic carbocycles. The van der Waals surface area contributed by atoms with Crippen LogP contribution in [0.2, 0.25) is 0 Å². The summed E-state index contributed by atoms with van der Waals surface area (Å²) < 4.78 is 0. The molecule has 1 aliphatic heterocycles. The molecule has 0 aromatic heterocycles. The van der Waals surface area contributed by atoms with Crippen LogP contribution in [0.5, 0.6) is 0 Å². The summed E-state index contributed by atoms with van der Waals surface area (Å²) in [4.78, 5) is 0. The van der Waals surface area contributed by atoms with Gasteiger partial charge in [-0.2, -0.15) is 11.8 Å². The molecule has 1 unspecified atom stereocenters. The normalized spacial score (nSPS) is 37.3. The molecule has 1 heterocycles. The Kier molecular flexibility index (Phi) is 3.10. The second kappa shape index (κ2) is 4.03. The molecule has 0 spiro atoms. The van der Waals surface area contributed by atoms with Gasteiger partial charge in [-0.05, 0) is 25.0 Å². The Morgan fingerprint density at radius 1 is 1.07 bits per heavy atom. The molecule has 2 nitrogen and oxygen atoms in total. The average Bonchev–Trinajstić information content (AvgIpc) is 2.68. The third-order valence-electron chi connectivity index (χ3n) is 4.07. The van der Waals surface area contributed by atoms with Gasteiger partial charge < -0.3 is 10.2 Å². The second-order valence-corrected chi connectivity index (χ2v) is 5.94. The first-order valence-electron chi connectivity index (χ1n) is 5.63. The standard InChI is InChI=1S/C11H20O2S/c12-8-10(6-7-14-9-10)11(13)4-2-1-3-5-11/h12-13H,1-9H2. The van der Waals surface area contributed by atoms with E-state index in [0.29, 0.717) is 0 Å². The lowest BCUT2D eigenvalue weighted by Crippen LogP contribution is -2.52. The van der Waals surface area contributed by atoms with Gasteiger partial charge in [0.25, 0.3) is 0 Å². The maximum absolute atomic E-state index is 10.6. The van der Waals surface area contributed by atoms with Crippen LogP contribution in [0.3, 0.4) is 0 Å². The first-order chi connectivity index (χ1) is 6.72. The van der Waals surface area contributed by atoms with Crippen molar-refractivity contribution in [3.8, 4) is 0 Å². The smallest absolute Gasteiger partial charge is 0.0733 e. The fourth-order valence-corrected chi connectivity index (χ4v) is 4.49. The van der Waals surface area contributed by atoms with Crippen molar-refractivity contribution in [2.45, 2.75) is 44.1 Å². The molecule has 0 radical (unpaired) electrons. The highest BCUT2D eigenvalue weighted by Gasteiger charge is 2.51. The second-order valence-electron chi connectivity index (χ2n) is 4.83. The third kappa shape index (κ3) is 1.59. The van der Waals surface area contributed by atoms with Gasteiger partial charge in [0.2, 0.25) is 0 Å². The largest absolute Gasteiger partial charge is 0.396 e. The number of hydrogen-bond donors (Lipinski definition) is 2. The van der Waals surface area contributed by atoms with E-state index in [1.807, 2.05) is 11.8 Å². The van der Waals surface area contributed by atoms with E-state index in [4.69, 9.17) is 0 Å². The Hall–Kier alpha value is 0.270. The van der Waals surface area contributed by atoms with E-state index in [2.05, 4.69) is 0 Å². The Bertz CT molecular complexity index is 193. The lowest BCUT2D eigenvalue weighted by molar-refractivity contribution is -0.117. The number of rotatable bonds is 2. The molecule has 14 heavy (non-hydrogen) atoms. The molecule has 0 amide bonds. The maximum Gasteiger partial charge on any atom is 0.0733 e. The minimum atomic E-state index is -0.566. The SMILES string of the molecule is OCC1(C2(O)CCCCC2)CCSC1. The summed E-state index contributed by atoms with van der Waals surface area (Å²) in [5.74, 6) is 2.04. The monoisotopic (exact) mass is 216 g/mol. The first-order valence-corrected chi connectivity index (χ1v) is 6.79. The van der Waals surface area contributed by atoms with Crippen molar-refractivity contribution in [2.24, 2.45) is 5.41 Å². The van der Waals surface area contributed by atoms with Crippen molar-refractivity contribution in [1.82, 2.24) is 0 Å². The molecule has 2 rings (SSSR count). The number of aliphatic hydroxyl groups excluding tert-OH is 1. The van der Waals surface area contributed by atoms with E-state index in [0.717, 1.165) is 43.6 Å². The van der Waals surface area contributed by atoms with Crippen molar-refractivity contribution < 1.29 is 10.2 Å². The predicted octanol–water partition coefficient (Wildman–Crippen LogP) is 1.80. The van der Waals surface area contributed by atoms with Crippen LogP contribution in [0.4, 0.5) is 0 Å². The first kappa shape index (κ1) is 10.8. The molecule has 0 aromatic rings. The van der Waals surface area contributed by atoms with E-state index >= 15 is 0 Å². The topological polar surface area (TPSA) is 40.5 Å². The van der Waals surface area contributed by atoms with Crippen molar-refractivity contribution in [1.29, 1.82) is 0 Å². The molecule has 0 aromatic carbocycles. The summed E-state index contributed by atoms with van der Waals surface area (Å²) >= 11 is 1.88. The van der Waals surface area contributed by atoms with Crippen LogP contribution in [0.25, 0.3) is 0 Å². The zero-order valence-electron chi connectivity index (χ0n) is 8.67. The lowest BCUT2D eigenvalue weighted by atomic mass is 9.65. The highest BCUT2D eigenvalue weighted by molar-refractivity contribution is 7.99. The van der Waals surface area contributed by atoms with Gasteiger partial charge in [0.15, 0.2) is 0 Å². The van der Waals surface area contributed by atoms with E-state index in [-0.39, 0.29) is 12.0 Å². The summed E-state index contributed by atoms with van der Waals surface area (Å²) in [5.41, 5.74) is -0.748. The van der Waals surface area contributed by atoms with Gasteiger partial charge in [-0.15, -0.1) is 0 Å². The minimum absolute atomic E-state index is 0.163. The Morgan fingerprint density at radius 2 is 1.79 bits per heavy atom. The van der Waals surface area contributed by atoms with Gasteiger partial charge in [-0.25, -0.2) is 0 Å². The average molecular weight is 216 g/mol. The highest BCUT2D eigenvalue weighted by Crippen LogP contribution is 2.50. The molecule has 3 heteroatoms. The minimum Gasteiger partial charge on any atom is -0.396 e. The maximum atomic E-state index is 10.6. The molecule has 82 valence electrons. The van der Waals surface area contributed by atoms with Crippen LogP contribution in [-0.2, 0) is 0 Å². The Balaban J connectivity index is 2.15. The highest BCUT2D eigenvalue weighted by atomic mass is 32.2. The van der Waals surface area contributed by atoms with Crippen LogP contribution in [0, 0.1) is 5.41 Å².